The highest BCUT2D eigenvalue weighted by molar-refractivity contribution is 5.85. The first kappa shape index (κ1) is 16.5. The van der Waals surface area contributed by atoms with Crippen LogP contribution in [0.25, 0.3) is 0 Å². The number of carbonyl (C=O) groups is 1. The van der Waals surface area contributed by atoms with E-state index in [2.05, 4.69) is 23.5 Å². The van der Waals surface area contributed by atoms with Gasteiger partial charge in [-0.25, -0.2) is 0 Å². The SMILES string of the molecule is Cl.NC(C(=O)NC1CCCc2ccccc21)c1ccccc1. The van der Waals surface area contributed by atoms with E-state index in [1.54, 1.807) is 0 Å². The van der Waals surface area contributed by atoms with E-state index in [9.17, 15) is 4.79 Å². The first-order valence-electron chi connectivity index (χ1n) is 7.44. The molecule has 2 unspecified atom stereocenters. The van der Waals surface area contributed by atoms with Gasteiger partial charge in [-0.3, -0.25) is 4.79 Å². The van der Waals surface area contributed by atoms with Crippen molar-refractivity contribution in [1.82, 2.24) is 5.32 Å². The number of nitrogens with two attached hydrogens (primary N) is 1. The fourth-order valence-electron chi connectivity index (χ4n) is 2.98. The number of halogens is 1. The topological polar surface area (TPSA) is 55.1 Å². The van der Waals surface area contributed by atoms with Crippen LogP contribution in [0, 0.1) is 0 Å². The number of hydrogen-bond acceptors (Lipinski definition) is 2. The van der Waals surface area contributed by atoms with Gasteiger partial charge in [0.05, 0.1) is 6.04 Å². The van der Waals surface area contributed by atoms with Crippen molar-refractivity contribution in [1.29, 1.82) is 0 Å². The fraction of sp³-hybridized carbons (Fsp3) is 0.278. The summed E-state index contributed by atoms with van der Waals surface area (Å²) < 4.78 is 0. The molecule has 1 amide bonds. The summed E-state index contributed by atoms with van der Waals surface area (Å²) in [5, 5.41) is 3.11. The molecule has 4 heteroatoms. The number of aryl methyl sites for hydroxylation is 1. The van der Waals surface area contributed by atoms with Crippen LogP contribution in [0.3, 0.4) is 0 Å². The predicted molar refractivity (Wildman–Crippen MR) is 90.9 cm³/mol. The first-order chi connectivity index (χ1) is 10.3. The highest BCUT2D eigenvalue weighted by Crippen LogP contribution is 2.29. The quantitative estimate of drug-likeness (QED) is 0.913. The van der Waals surface area contributed by atoms with Crippen LogP contribution >= 0.6 is 12.4 Å². The molecular formula is C18H21ClN2O. The Morgan fingerprint density at radius 2 is 1.77 bits per heavy atom. The molecule has 2 atom stereocenters. The van der Waals surface area contributed by atoms with Crippen molar-refractivity contribution in [2.24, 2.45) is 5.73 Å². The van der Waals surface area contributed by atoms with Crippen molar-refractivity contribution in [3.05, 3.63) is 71.3 Å². The number of carbonyl (C=O) groups excluding carboxylic acids is 1. The van der Waals surface area contributed by atoms with Crippen LogP contribution in [0.2, 0.25) is 0 Å². The molecule has 0 fully saturated rings. The average Bonchev–Trinajstić information content (AvgIpc) is 2.55. The Morgan fingerprint density at radius 3 is 2.55 bits per heavy atom. The molecule has 22 heavy (non-hydrogen) atoms. The van der Waals surface area contributed by atoms with Gasteiger partial charge in [0.1, 0.15) is 6.04 Å². The van der Waals surface area contributed by atoms with Crippen molar-refractivity contribution in [2.75, 3.05) is 0 Å². The van der Waals surface area contributed by atoms with Crippen LogP contribution in [-0.2, 0) is 11.2 Å². The van der Waals surface area contributed by atoms with Crippen LogP contribution < -0.4 is 11.1 Å². The van der Waals surface area contributed by atoms with Crippen molar-refractivity contribution in [3.63, 3.8) is 0 Å². The van der Waals surface area contributed by atoms with Gasteiger partial charge >= 0.3 is 0 Å². The molecule has 2 aromatic carbocycles. The van der Waals surface area contributed by atoms with Crippen molar-refractivity contribution < 1.29 is 4.79 Å². The van der Waals surface area contributed by atoms with Gasteiger partial charge in [-0.15, -0.1) is 12.4 Å². The van der Waals surface area contributed by atoms with Crippen molar-refractivity contribution in [3.8, 4) is 0 Å². The molecule has 3 rings (SSSR count). The molecular weight excluding hydrogens is 296 g/mol. The zero-order valence-corrected chi connectivity index (χ0v) is 13.2. The summed E-state index contributed by atoms with van der Waals surface area (Å²) >= 11 is 0. The third kappa shape index (κ3) is 3.49. The predicted octanol–water partition coefficient (Wildman–Crippen LogP) is 3.30. The number of fused-ring (bicyclic) bond motifs is 1. The summed E-state index contributed by atoms with van der Waals surface area (Å²) in [5.74, 6) is -0.108. The lowest BCUT2D eigenvalue weighted by atomic mass is 9.87. The molecule has 1 aliphatic carbocycles. The fourth-order valence-corrected chi connectivity index (χ4v) is 2.98. The molecule has 3 nitrogen and oxygen atoms in total. The second kappa shape index (κ2) is 7.43. The van der Waals surface area contributed by atoms with Crippen LogP contribution in [0.4, 0.5) is 0 Å². The van der Waals surface area contributed by atoms with Crippen LogP contribution in [-0.4, -0.2) is 5.91 Å². The summed E-state index contributed by atoms with van der Waals surface area (Å²) in [6.07, 6.45) is 3.17. The highest BCUT2D eigenvalue weighted by Gasteiger charge is 2.24. The second-order valence-electron chi connectivity index (χ2n) is 5.54. The number of hydrogen-bond donors (Lipinski definition) is 2. The number of rotatable bonds is 3. The summed E-state index contributed by atoms with van der Waals surface area (Å²) in [6, 6.07) is 17.3. The smallest absolute Gasteiger partial charge is 0.241 e. The lowest BCUT2D eigenvalue weighted by molar-refractivity contribution is -0.123. The third-order valence-electron chi connectivity index (χ3n) is 4.13. The van der Waals surface area contributed by atoms with E-state index in [4.69, 9.17) is 5.73 Å². The van der Waals surface area contributed by atoms with Crippen LogP contribution in [0.1, 0.15) is 41.6 Å². The summed E-state index contributed by atoms with van der Waals surface area (Å²) in [6.45, 7) is 0. The van der Waals surface area contributed by atoms with E-state index in [-0.39, 0.29) is 24.4 Å². The van der Waals surface area contributed by atoms with Gasteiger partial charge in [-0.05, 0) is 36.0 Å². The van der Waals surface area contributed by atoms with Crippen LogP contribution in [0.15, 0.2) is 54.6 Å². The lowest BCUT2D eigenvalue weighted by Gasteiger charge is -2.27. The largest absolute Gasteiger partial charge is 0.348 e. The second-order valence-corrected chi connectivity index (χ2v) is 5.54. The van der Waals surface area contributed by atoms with Gasteiger partial charge in [0.15, 0.2) is 0 Å². The van der Waals surface area contributed by atoms with E-state index >= 15 is 0 Å². The van der Waals surface area contributed by atoms with E-state index in [1.807, 2.05) is 36.4 Å². The van der Waals surface area contributed by atoms with Gasteiger partial charge in [-0.2, -0.15) is 0 Å². The Labute approximate surface area is 137 Å². The zero-order chi connectivity index (χ0) is 14.7. The molecule has 0 saturated heterocycles. The molecule has 0 aromatic heterocycles. The minimum absolute atomic E-state index is 0. The Morgan fingerprint density at radius 1 is 1.09 bits per heavy atom. The molecule has 2 aromatic rings. The van der Waals surface area contributed by atoms with Gasteiger partial charge < -0.3 is 11.1 Å². The van der Waals surface area contributed by atoms with Gasteiger partial charge in [-0.1, -0.05) is 54.6 Å². The third-order valence-corrected chi connectivity index (χ3v) is 4.13. The highest BCUT2D eigenvalue weighted by atomic mass is 35.5. The molecule has 0 heterocycles. The molecule has 116 valence electrons. The van der Waals surface area contributed by atoms with Crippen molar-refractivity contribution in [2.45, 2.75) is 31.3 Å². The van der Waals surface area contributed by atoms with E-state index in [0.29, 0.717) is 0 Å². The normalized spacial score (nSPS) is 17.8. The summed E-state index contributed by atoms with van der Waals surface area (Å²) in [4.78, 5) is 12.4. The van der Waals surface area contributed by atoms with Crippen molar-refractivity contribution >= 4 is 18.3 Å². The summed E-state index contributed by atoms with van der Waals surface area (Å²) in [5.41, 5.74) is 9.48. The average molecular weight is 317 g/mol. The maximum Gasteiger partial charge on any atom is 0.241 e. The Balaban J connectivity index is 0.00000176. The van der Waals surface area contributed by atoms with Gasteiger partial charge in [0, 0.05) is 0 Å². The maximum absolute atomic E-state index is 12.4. The number of nitrogens with one attached hydrogen (secondary N) is 1. The van der Waals surface area contributed by atoms with Crippen LogP contribution in [0.5, 0.6) is 0 Å². The Hall–Kier alpha value is -1.84. The molecule has 0 bridgehead atoms. The first-order valence-corrected chi connectivity index (χ1v) is 7.44. The Kier molecular flexibility index (Phi) is 5.58. The van der Waals surface area contributed by atoms with E-state index in [1.165, 1.54) is 11.1 Å². The summed E-state index contributed by atoms with van der Waals surface area (Å²) in [7, 11) is 0. The van der Waals surface area contributed by atoms with Gasteiger partial charge in [0.2, 0.25) is 5.91 Å². The molecule has 1 aliphatic rings. The Bertz CT molecular complexity index is 630. The molecule has 0 radical (unpaired) electrons. The standard InChI is InChI=1S/C18H20N2O.ClH/c19-17(14-8-2-1-3-9-14)18(21)20-16-12-6-10-13-7-4-5-11-15(13)16;/h1-5,7-9,11,16-17H,6,10,12,19H2,(H,20,21);1H. The molecule has 0 aliphatic heterocycles. The molecule has 0 saturated carbocycles. The number of amides is 1. The maximum atomic E-state index is 12.4. The lowest BCUT2D eigenvalue weighted by Crippen LogP contribution is -2.37. The minimum atomic E-state index is -0.611. The van der Waals surface area contributed by atoms with E-state index < -0.39 is 6.04 Å². The number of benzene rings is 2. The molecule has 0 spiro atoms. The molecule has 3 N–H and O–H groups in total. The monoisotopic (exact) mass is 316 g/mol. The minimum Gasteiger partial charge on any atom is -0.348 e. The zero-order valence-electron chi connectivity index (χ0n) is 12.4. The van der Waals surface area contributed by atoms with E-state index in [0.717, 1.165) is 24.8 Å². The van der Waals surface area contributed by atoms with Gasteiger partial charge in [0.25, 0.3) is 0 Å².